The highest BCUT2D eigenvalue weighted by Crippen LogP contribution is 2.43. The molecule has 0 radical (unpaired) electrons. The molecule has 17 heteroatoms. The van der Waals surface area contributed by atoms with Gasteiger partial charge in [0.2, 0.25) is 0 Å². The maximum absolute atomic E-state index is 11.8. The van der Waals surface area contributed by atoms with Crippen molar-refractivity contribution in [3.8, 4) is 0 Å². The lowest BCUT2D eigenvalue weighted by atomic mass is 9.81. The Morgan fingerprint density at radius 1 is 0.525 bits per heavy atom. The highest BCUT2D eigenvalue weighted by atomic mass is 16.6. The largest absolute Gasteiger partial charge is 0.465 e. The van der Waals surface area contributed by atoms with E-state index in [-0.39, 0.29) is 135 Å². The fourth-order valence-electron chi connectivity index (χ4n) is 6.99. The van der Waals surface area contributed by atoms with E-state index in [1.165, 1.54) is 7.11 Å². The van der Waals surface area contributed by atoms with Crippen molar-refractivity contribution in [2.24, 2.45) is 27.1 Å². The van der Waals surface area contributed by atoms with Gasteiger partial charge in [0.05, 0.1) is 59.6 Å². The van der Waals surface area contributed by atoms with E-state index in [1.807, 2.05) is 83.1 Å². The van der Waals surface area contributed by atoms with Crippen molar-refractivity contribution in [3.05, 3.63) is 0 Å². The molecule has 5 aliphatic rings. The molecule has 0 amide bonds. The van der Waals surface area contributed by atoms with Crippen LogP contribution in [-0.4, -0.2) is 108 Å². The van der Waals surface area contributed by atoms with E-state index in [0.717, 1.165) is 25.7 Å². The SMILES string of the molecule is C.C.C.C.C.C.CC.CC.CC.CC(C)(C)C(=O)OC1(C)CC(=O)OC1(C)C.CC(C)(C)C(=O)OC1CC(=O)OC1(C)C.CCC1(C)CC(C)(C)OC1=O.CCC1(C)CCOC1=O.COCC1(C)OC(=O)CC1OC(=O)C(C)(C)C. The van der Waals surface area contributed by atoms with E-state index in [4.69, 9.17) is 42.6 Å². The van der Waals surface area contributed by atoms with Gasteiger partial charge in [-0.1, -0.05) is 99.9 Å². The molecule has 5 heterocycles. The maximum atomic E-state index is 11.8. The first-order valence-electron chi connectivity index (χ1n) is 26.6. The molecule has 5 fully saturated rings. The van der Waals surface area contributed by atoms with Crippen molar-refractivity contribution in [1.29, 1.82) is 0 Å². The van der Waals surface area contributed by atoms with Crippen LogP contribution in [0.4, 0.5) is 0 Å². The van der Waals surface area contributed by atoms with Gasteiger partial charge in [0, 0.05) is 13.5 Å². The number of cyclic esters (lactones) is 5. The lowest BCUT2D eigenvalue weighted by Gasteiger charge is -2.36. The molecule has 0 aromatic heterocycles. The Morgan fingerprint density at radius 3 is 1.18 bits per heavy atom. The quantitative estimate of drug-likeness (QED) is 0.171. The Hall–Kier alpha value is -4.28. The fourth-order valence-corrected chi connectivity index (χ4v) is 6.99. The summed E-state index contributed by atoms with van der Waals surface area (Å²) in [5, 5.41) is 0. The second-order valence-electron chi connectivity index (χ2n) is 24.1. The first-order valence-corrected chi connectivity index (χ1v) is 26.6. The Bertz CT molecular complexity index is 1850. The van der Waals surface area contributed by atoms with E-state index >= 15 is 0 Å². The zero-order valence-electron chi connectivity index (χ0n) is 51.5. The number of methoxy groups -OCH3 is 1. The van der Waals surface area contributed by atoms with Gasteiger partial charge in [-0.2, -0.15) is 0 Å². The summed E-state index contributed by atoms with van der Waals surface area (Å²) in [5.41, 5.74) is -5.62. The molecule has 5 rings (SSSR count). The first-order chi connectivity index (χ1) is 33.4. The van der Waals surface area contributed by atoms with Gasteiger partial charge >= 0.3 is 47.8 Å². The van der Waals surface area contributed by atoms with Crippen LogP contribution >= 0.6 is 0 Å². The molecule has 5 saturated heterocycles. The summed E-state index contributed by atoms with van der Waals surface area (Å²) < 4.78 is 46.5. The minimum Gasteiger partial charge on any atom is -0.465 e. The van der Waals surface area contributed by atoms with E-state index in [9.17, 15) is 38.4 Å². The molecule has 0 aliphatic carbocycles. The van der Waals surface area contributed by atoms with Crippen LogP contribution in [0.1, 0.15) is 276 Å². The van der Waals surface area contributed by atoms with Crippen molar-refractivity contribution in [1.82, 2.24) is 0 Å². The minimum absolute atomic E-state index is 0. The number of carbonyl (C=O) groups is 8. The molecule has 80 heavy (non-hydrogen) atoms. The second-order valence-corrected chi connectivity index (χ2v) is 24.1. The molecule has 0 bridgehead atoms. The average Bonchev–Trinajstić information content (AvgIpc) is 3.96. The van der Waals surface area contributed by atoms with Crippen molar-refractivity contribution in [2.45, 2.75) is 317 Å². The molecule has 0 aromatic carbocycles. The van der Waals surface area contributed by atoms with E-state index in [1.54, 1.807) is 104 Å². The Balaban J connectivity index is -0.000000109. The fraction of sp³-hybridized carbons (Fsp3) is 0.873. The van der Waals surface area contributed by atoms with Crippen LogP contribution in [-0.2, 0) is 81.0 Å². The van der Waals surface area contributed by atoms with Crippen LogP contribution in [0.25, 0.3) is 0 Å². The summed E-state index contributed by atoms with van der Waals surface area (Å²) in [7, 11) is 1.51. The predicted molar refractivity (Wildman–Crippen MR) is 325 cm³/mol. The van der Waals surface area contributed by atoms with E-state index < -0.39 is 50.9 Å². The van der Waals surface area contributed by atoms with Gasteiger partial charge in [-0.25, -0.2) is 0 Å². The highest BCUT2D eigenvalue weighted by Gasteiger charge is 2.56. The van der Waals surface area contributed by atoms with Gasteiger partial charge in [0.15, 0.2) is 23.4 Å². The van der Waals surface area contributed by atoms with Gasteiger partial charge in [0.1, 0.15) is 16.8 Å². The molecular weight excluding hydrogens is 1030 g/mol. The van der Waals surface area contributed by atoms with Crippen molar-refractivity contribution >= 4 is 47.8 Å². The summed E-state index contributed by atoms with van der Waals surface area (Å²) in [6.45, 7) is 51.2. The standard InChI is InChI=1S/C12H20O5.C12H20O4.C11H18O4.C9H16O2.C7H12O2.3C2H6.6CH4/c1-11(2,3)10(14)16-8-6-9(13)17-12(8,4)7-15-5;1-10(2,3)9(14)16-12(6)7-8(13)15-11(12,4)5;1-10(2,3)9(13)14-7-6-8(12)15-11(7,4)5;1-5-9(4)6-8(2,3)11-7(9)10;1-3-7(2)4-5-9-6(7)8;3*1-2;;;;;;/h8H,6-7H2,1-5H3;7H2,1-6H3;7H,6H2,1-5H3;5-6H2,1-4H3;3-5H2,1-2H3;3*1-2H3;6*1H4. The number of hydrogen-bond donors (Lipinski definition) is 0. The Morgan fingerprint density at radius 2 is 0.912 bits per heavy atom. The summed E-state index contributed by atoms with van der Waals surface area (Å²) >= 11 is 0. The molecule has 0 spiro atoms. The zero-order chi connectivity index (χ0) is 59.5. The summed E-state index contributed by atoms with van der Waals surface area (Å²) in [6.07, 6.45) is 2.79. The van der Waals surface area contributed by atoms with E-state index in [0.29, 0.717) is 6.61 Å². The van der Waals surface area contributed by atoms with Crippen molar-refractivity contribution < 1.29 is 81.0 Å². The Labute approximate surface area is 491 Å². The number of rotatable bonds is 7. The van der Waals surface area contributed by atoms with Crippen LogP contribution < -0.4 is 0 Å². The van der Waals surface area contributed by atoms with Gasteiger partial charge in [-0.05, 0) is 151 Å². The van der Waals surface area contributed by atoms with E-state index in [2.05, 4.69) is 0 Å². The topological polar surface area (TPSA) is 220 Å². The monoisotopic (exact) mass is 1160 g/mol. The molecule has 0 aromatic rings. The number of esters is 8. The minimum atomic E-state index is -0.882. The van der Waals surface area contributed by atoms with Crippen LogP contribution in [0.15, 0.2) is 0 Å². The highest BCUT2D eigenvalue weighted by molar-refractivity contribution is 5.81. The lowest BCUT2D eigenvalue weighted by molar-refractivity contribution is -0.183. The Kier molecular flexibility index (Phi) is 44.8. The average molecular weight is 1160 g/mol. The van der Waals surface area contributed by atoms with Gasteiger partial charge in [0.25, 0.3) is 0 Å². The molecular formula is C63H128O17. The van der Waals surface area contributed by atoms with Crippen LogP contribution in [0.5, 0.6) is 0 Å². The first kappa shape index (κ1) is 95.0. The molecule has 6 atom stereocenters. The molecule has 5 aliphatic heterocycles. The molecule has 17 nitrogen and oxygen atoms in total. The third kappa shape index (κ3) is 29.1. The molecule has 6 unspecified atom stereocenters. The predicted octanol–water partition coefficient (Wildman–Crippen LogP) is 15.4. The van der Waals surface area contributed by atoms with Gasteiger partial charge in [-0.3, -0.25) is 38.4 Å². The van der Waals surface area contributed by atoms with Gasteiger partial charge < -0.3 is 42.6 Å². The number of hydrogen-bond acceptors (Lipinski definition) is 17. The summed E-state index contributed by atoms with van der Waals surface area (Å²) in [5.74, 6) is -2.03. The van der Waals surface area contributed by atoms with Crippen LogP contribution in [0.3, 0.4) is 0 Å². The van der Waals surface area contributed by atoms with Gasteiger partial charge in [-0.15, -0.1) is 0 Å². The molecule has 0 N–H and O–H groups in total. The summed E-state index contributed by atoms with van der Waals surface area (Å²) in [6, 6.07) is 0. The maximum Gasteiger partial charge on any atom is 0.312 e. The smallest absolute Gasteiger partial charge is 0.312 e. The lowest BCUT2D eigenvalue weighted by Crippen LogP contribution is -2.48. The van der Waals surface area contributed by atoms with Crippen molar-refractivity contribution in [2.75, 3.05) is 20.3 Å². The van der Waals surface area contributed by atoms with Crippen LogP contribution in [0, 0.1) is 27.1 Å². The zero-order valence-corrected chi connectivity index (χ0v) is 51.5. The molecule has 482 valence electrons. The molecule has 0 saturated carbocycles. The second kappa shape index (κ2) is 37.7. The van der Waals surface area contributed by atoms with Crippen LogP contribution in [0.2, 0.25) is 0 Å². The normalized spacial score (nSPS) is 25.6. The van der Waals surface area contributed by atoms with Crippen molar-refractivity contribution in [3.63, 3.8) is 0 Å². The third-order valence-corrected chi connectivity index (χ3v) is 12.7. The third-order valence-electron chi connectivity index (χ3n) is 12.7. The summed E-state index contributed by atoms with van der Waals surface area (Å²) in [4.78, 5) is 91.2. The number of ether oxygens (including phenoxy) is 9. The number of carbonyl (C=O) groups excluding carboxylic acids is 8.